The second-order valence-electron chi connectivity index (χ2n) is 9.33. The summed E-state index contributed by atoms with van der Waals surface area (Å²) in [7, 11) is 0. The van der Waals surface area contributed by atoms with E-state index in [4.69, 9.17) is 4.84 Å². The predicted molar refractivity (Wildman–Crippen MR) is 124 cm³/mol. The molecule has 0 spiro atoms. The van der Waals surface area contributed by atoms with Gasteiger partial charge in [-0.15, -0.1) is 0 Å². The first kappa shape index (κ1) is 22.5. The molecule has 2 aliphatic heterocycles. The van der Waals surface area contributed by atoms with Crippen LogP contribution in [0.25, 0.3) is 0 Å². The Labute approximate surface area is 190 Å². The Hall–Kier alpha value is -2.67. The highest BCUT2D eigenvalue weighted by molar-refractivity contribution is 6.02. The molecule has 1 fully saturated rings. The van der Waals surface area contributed by atoms with E-state index in [1.807, 2.05) is 18.3 Å². The monoisotopic (exact) mass is 438 g/mol. The second kappa shape index (κ2) is 9.45. The van der Waals surface area contributed by atoms with Gasteiger partial charge < -0.3 is 9.94 Å². The largest absolute Gasteiger partial charge is 0.481 e. The molecule has 7 nitrogen and oxygen atoms in total. The average molecular weight is 439 g/mol. The minimum Gasteiger partial charge on any atom is -0.481 e. The quantitative estimate of drug-likeness (QED) is 0.669. The van der Waals surface area contributed by atoms with Crippen molar-refractivity contribution >= 4 is 11.7 Å². The molecule has 32 heavy (non-hydrogen) atoms. The number of likely N-dealkylation sites (tertiary alicyclic amines) is 1. The lowest BCUT2D eigenvalue weighted by molar-refractivity contribution is -0.155. The van der Waals surface area contributed by atoms with Crippen LogP contribution in [0.3, 0.4) is 0 Å². The van der Waals surface area contributed by atoms with E-state index in [0.717, 1.165) is 49.4 Å². The number of aryl methyl sites for hydroxylation is 2. The number of nitrogens with zero attached hydrogens (tertiary/aromatic N) is 4. The van der Waals surface area contributed by atoms with Gasteiger partial charge in [0, 0.05) is 42.8 Å². The van der Waals surface area contributed by atoms with Crippen molar-refractivity contribution in [3.8, 4) is 0 Å². The third-order valence-corrected chi connectivity index (χ3v) is 7.11. The Kier molecular flexibility index (Phi) is 6.65. The molecule has 0 unspecified atom stereocenters. The molecule has 1 atom stereocenters. The van der Waals surface area contributed by atoms with Gasteiger partial charge in [-0.05, 0) is 51.8 Å². The maximum atomic E-state index is 12.3. The number of piperidine rings is 1. The summed E-state index contributed by atoms with van der Waals surface area (Å²) in [5.74, 6) is -0.711. The Balaban J connectivity index is 1.36. The number of benzene rings is 1. The summed E-state index contributed by atoms with van der Waals surface area (Å²) in [6.45, 7) is 9.62. The fraction of sp³-hybridized carbons (Fsp3) is 0.560. The molecule has 0 aliphatic carbocycles. The molecule has 2 aliphatic rings. The van der Waals surface area contributed by atoms with Crippen molar-refractivity contribution in [2.45, 2.75) is 72.1 Å². The first-order chi connectivity index (χ1) is 15.4. The fourth-order valence-corrected chi connectivity index (χ4v) is 4.99. The highest BCUT2D eigenvalue weighted by atomic mass is 16.6. The molecular formula is C25H34N4O3. The minimum atomic E-state index is -0.751. The molecule has 3 heterocycles. The number of aromatic nitrogens is 2. The molecule has 4 rings (SSSR count). The van der Waals surface area contributed by atoms with Gasteiger partial charge in [0.2, 0.25) is 0 Å². The standard InChI is InChI=1S/C25H34N4O3/c1-4-11-29-19(3)20(16-26-29)17-28-12-9-25(10-13-28,24(30)31)15-21-14-23(27-32-21)22-8-6-5-7-18(22)2/h5-8,16,21H,4,9-15,17H2,1-3H3,(H,30,31)/t21-/m1/s1. The van der Waals surface area contributed by atoms with Crippen LogP contribution in [-0.4, -0.2) is 50.7 Å². The van der Waals surface area contributed by atoms with E-state index >= 15 is 0 Å². The summed E-state index contributed by atoms with van der Waals surface area (Å²) in [5, 5.41) is 18.9. The number of carbonyl (C=O) groups is 1. The summed E-state index contributed by atoms with van der Waals surface area (Å²) in [5.41, 5.74) is 4.87. The van der Waals surface area contributed by atoms with Gasteiger partial charge in [0.1, 0.15) is 6.10 Å². The minimum absolute atomic E-state index is 0.179. The number of hydrogen-bond donors (Lipinski definition) is 1. The van der Waals surface area contributed by atoms with Crippen LogP contribution in [0.5, 0.6) is 0 Å². The lowest BCUT2D eigenvalue weighted by Gasteiger charge is -2.39. The third-order valence-electron chi connectivity index (χ3n) is 7.11. The molecule has 0 bridgehead atoms. The molecule has 7 heteroatoms. The van der Waals surface area contributed by atoms with Gasteiger partial charge in [-0.3, -0.25) is 14.4 Å². The first-order valence-corrected chi connectivity index (χ1v) is 11.7. The normalized spacial score (nSPS) is 20.7. The molecule has 1 aromatic heterocycles. The Morgan fingerprint density at radius 3 is 2.69 bits per heavy atom. The van der Waals surface area contributed by atoms with Crippen LogP contribution in [0.4, 0.5) is 0 Å². The highest BCUT2D eigenvalue weighted by Crippen LogP contribution is 2.39. The number of oxime groups is 1. The topological polar surface area (TPSA) is 80.0 Å². The van der Waals surface area contributed by atoms with Crippen LogP contribution >= 0.6 is 0 Å². The van der Waals surface area contributed by atoms with Crippen LogP contribution in [0.2, 0.25) is 0 Å². The number of carboxylic acids is 1. The van der Waals surface area contributed by atoms with Gasteiger partial charge in [-0.2, -0.15) is 5.10 Å². The summed E-state index contributed by atoms with van der Waals surface area (Å²) < 4.78 is 2.06. The SMILES string of the molecule is CCCn1ncc(CN2CCC(C[C@H]3CC(c4ccccc4C)=NO3)(C(=O)O)CC2)c1C. The van der Waals surface area contributed by atoms with Gasteiger partial charge in [-0.25, -0.2) is 0 Å². The van der Waals surface area contributed by atoms with E-state index in [1.54, 1.807) is 0 Å². The smallest absolute Gasteiger partial charge is 0.309 e. The van der Waals surface area contributed by atoms with Crippen molar-refractivity contribution in [1.29, 1.82) is 0 Å². The van der Waals surface area contributed by atoms with Crippen molar-refractivity contribution < 1.29 is 14.7 Å². The van der Waals surface area contributed by atoms with Crippen molar-refractivity contribution in [1.82, 2.24) is 14.7 Å². The number of carboxylic acid groups (broad SMARTS) is 1. The first-order valence-electron chi connectivity index (χ1n) is 11.7. The van der Waals surface area contributed by atoms with Gasteiger partial charge in [0.25, 0.3) is 0 Å². The number of hydrogen-bond acceptors (Lipinski definition) is 5. The molecule has 172 valence electrons. The van der Waals surface area contributed by atoms with Crippen molar-refractivity contribution in [2.75, 3.05) is 13.1 Å². The van der Waals surface area contributed by atoms with Gasteiger partial charge in [-0.1, -0.05) is 36.3 Å². The van der Waals surface area contributed by atoms with Crippen molar-refractivity contribution in [2.24, 2.45) is 10.6 Å². The zero-order valence-electron chi connectivity index (χ0n) is 19.4. The van der Waals surface area contributed by atoms with E-state index in [0.29, 0.717) is 25.7 Å². The van der Waals surface area contributed by atoms with Gasteiger partial charge in [0.15, 0.2) is 0 Å². The molecule has 2 aromatic rings. The molecule has 1 saturated heterocycles. The number of rotatable bonds is 8. The van der Waals surface area contributed by atoms with E-state index in [9.17, 15) is 9.90 Å². The maximum absolute atomic E-state index is 12.3. The van der Waals surface area contributed by atoms with Gasteiger partial charge in [0.05, 0.1) is 17.3 Å². The molecule has 1 aromatic carbocycles. The third kappa shape index (κ3) is 4.58. The Morgan fingerprint density at radius 2 is 2.00 bits per heavy atom. The molecular weight excluding hydrogens is 404 g/mol. The maximum Gasteiger partial charge on any atom is 0.309 e. The van der Waals surface area contributed by atoms with E-state index in [2.05, 4.69) is 52.7 Å². The van der Waals surface area contributed by atoms with Gasteiger partial charge >= 0.3 is 5.97 Å². The highest BCUT2D eigenvalue weighted by Gasteiger charge is 2.45. The zero-order chi connectivity index (χ0) is 22.7. The lowest BCUT2D eigenvalue weighted by atomic mass is 9.73. The fourth-order valence-electron chi connectivity index (χ4n) is 4.99. The zero-order valence-corrected chi connectivity index (χ0v) is 19.4. The van der Waals surface area contributed by atoms with Crippen LogP contribution in [0.15, 0.2) is 35.6 Å². The van der Waals surface area contributed by atoms with Crippen LogP contribution in [0.1, 0.15) is 61.4 Å². The van der Waals surface area contributed by atoms with Crippen LogP contribution < -0.4 is 0 Å². The average Bonchev–Trinajstić information content (AvgIpc) is 3.37. The molecule has 0 saturated carbocycles. The van der Waals surface area contributed by atoms with E-state index in [1.165, 1.54) is 11.3 Å². The van der Waals surface area contributed by atoms with Crippen LogP contribution in [0, 0.1) is 19.3 Å². The summed E-state index contributed by atoms with van der Waals surface area (Å²) >= 11 is 0. The summed E-state index contributed by atoms with van der Waals surface area (Å²) in [6, 6.07) is 8.12. The molecule has 0 radical (unpaired) electrons. The van der Waals surface area contributed by atoms with E-state index in [-0.39, 0.29) is 6.10 Å². The number of aliphatic carboxylic acids is 1. The summed E-state index contributed by atoms with van der Waals surface area (Å²) in [4.78, 5) is 20.4. The predicted octanol–water partition coefficient (Wildman–Crippen LogP) is 4.16. The Morgan fingerprint density at radius 1 is 1.25 bits per heavy atom. The Bertz CT molecular complexity index is 989. The molecule has 1 N–H and O–H groups in total. The van der Waals surface area contributed by atoms with Crippen LogP contribution in [-0.2, 0) is 22.7 Å². The van der Waals surface area contributed by atoms with E-state index < -0.39 is 11.4 Å². The van der Waals surface area contributed by atoms with Crippen molar-refractivity contribution in [3.05, 3.63) is 52.8 Å². The molecule has 0 amide bonds. The lowest BCUT2D eigenvalue weighted by Crippen LogP contribution is -2.45. The summed E-state index contributed by atoms with van der Waals surface area (Å²) in [6.07, 6.45) is 5.27. The van der Waals surface area contributed by atoms with Crippen molar-refractivity contribution in [3.63, 3.8) is 0 Å². The second-order valence-corrected chi connectivity index (χ2v) is 9.33.